The van der Waals surface area contributed by atoms with Crippen molar-refractivity contribution < 1.29 is 23.9 Å². The molecule has 0 saturated heterocycles. The maximum Gasteiger partial charge on any atom is 0.338 e. The quantitative estimate of drug-likeness (QED) is 0.792. The number of hydrogen-bond donors (Lipinski definition) is 1. The second-order valence-corrected chi connectivity index (χ2v) is 5.62. The Bertz CT molecular complexity index is 758. The molecule has 7 heteroatoms. The van der Waals surface area contributed by atoms with Gasteiger partial charge < -0.3 is 14.8 Å². The van der Waals surface area contributed by atoms with Crippen molar-refractivity contribution in [3.63, 3.8) is 0 Å². The van der Waals surface area contributed by atoms with Crippen LogP contribution in [0, 0.1) is 0 Å². The number of esters is 2. The average Bonchev–Trinajstić information content (AvgIpc) is 2.59. The monoisotopic (exact) mass is 391 g/mol. The molecule has 0 radical (unpaired) electrons. The molecule has 2 aromatic carbocycles. The van der Waals surface area contributed by atoms with Crippen molar-refractivity contribution >= 4 is 39.5 Å². The molecule has 0 bridgehead atoms. The fourth-order valence-corrected chi connectivity index (χ4v) is 2.24. The molecule has 1 N–H and O–H groups in total. The number of hydrogen-bond acceptors (Lipinski definition) is 5. The van der Waals surface area contributed by atoms with Gasteiger partial charge >= 0.3 is 11.9 Å². The molecule has 0 saturated carbocycles. The van der Waals surface area contributed by atoms with E-state index in [0.717, 1.165) is 4.47 Å². The number of benzene rings is 2. The second-order valence-electron chi connectivity index (χ2n) is 4.70. The van der Waals surface area contributed by atoms with E-state index < -0.39 is 24.5 Å². The lowest BCUT2D eigenvalue weighted by Crippen LogP contribution is -2.21. The van der Waals surface area contributed by atoms with Crippen molar-refractivity contribution in [3.8, 4) is 0 Å². The number of carbonyl (C=O) groups excluding carboxylic acids is 3. The van der Waals surface area contributed by atoms with Crippen LogP contribution in [-0.2, 0) is 14.3 Å². The van der Waals surface area contributed by atoms with Crippen LogP contribution in [0.5, 0.6) is 0 Å². The number of nitrogens with one attached hydrogen (secondary N) is 1. The summed E-state index contributed by atoms with van der Waals surface area (Å²) in [5.41, 5.74) is 1.15. The average molecular weight is 392 g/mol. The van der Waals surface area contributed by atoms with Gasteiger partial charge in [0.2, 0.25) is 0 Å². The molecule has 0 fully saturated rings. The molecule has 124 valence electrons. The highest BCUT2D eigenvalue weighted by Gasteiger charge is 2.12. The number of ether oxygens (including phenoxy) is 2. The molecule has 6 nitrogen and oxygen atoms in total. The molecule has 1 amide bonds. The van der Waals surface area contributed by atoms with Crippen LogP contribution in [0.2, 0.25) is 0 Å². The third-order valence-corrected chi connectivity index (χ3v) is 3.48. The van der Waals surface area contributed by atoms with Crippen LogP contribution in [0.3, 0.4) is 0 Å². The number of carbonyl (C=O) groups is 3. The Morgan fingerprint density at radius 1 is 1.00 bits per heavy atom. The van der Waals surface area contributed by atoms with E-state index in [4.69, 9.17) is 4.74 Å². The molecule has 0 aromatic heterocycles. The summed E-state index contributed by atoms with van der Waals surface area (Å²) in [4.78, 5) is 35.0. The van der Waals surface area contributed by atoms with Crippen LogP contribution in [0.1, 0.15) is 20.7 Å². The Balaban J connectivity index is 1.88. The van der Waals surface area contributed by atoms with E-state index >= 15 is 0 Å². The van der Waals surface area contributed by atoms with Gasteiger partial charge in [0.1, 0.15) is 0 Å². The first-order valence-electron chi connectivity index (χ1n) is 6.90. The van der Waals surface area contributed by atoms with Crippen molar-refractivity contribution in [1.29, 1.82) is 0 Å². The van der Waals surface area contributed by atoms with Crippen molar-refractivity contribution in [3.05, 3.63) is 64.1 Å². The minimum atomic E-state index is -0.657. The normalized spacial score (nSPS) is 9.92. The largest absolute Gasteiger partial charge is 0.465 e. The fourth-order valence-electron chi connectivity index (χ4n) is 1.84. The van der Waals surface area contributed by atoms with Gasteiger partial charge in [-0.3, -0.25) is 4.79 Å². The van der Waals surface area contributed by atoms with Gasteiger partial charge in [-0.1, -0.05) is 22.0 Å². The predicted molar refractivity (Wildman–Crippen MR) is 90.8 cm³/mol. The fraction of sp³-hybridized carbons (Fsp3) is 0.118. The van der Waals surface area contributed by atoms with Gasteiger partial charge in [-0.15, -0.1) is 0 Å². The van der Waals surface area contributed by atoms with Crippen molar-refractivity contribution in [2.24, 2.45) is 0 Å². The van der Waals surface area contributed by atoms with E-state index in [0.29, 0.717) is 11.3 Å². The first-order chi connectivity index (χ1) is 11.5. The Morgan fingerprint density at radius 2 is 1.62 bits per heavy atom. The SMILES string of the molecule is COC(=O)c1ccc(C(=O)OCC(=O)Nc2cccc(Br)c2)cc1. The first-order valence-corrected chi connectivity index (χ1v) is 7.70. The third-order valence-electron chi connectivity index (χ3n) is 2.98. The molecule has 0 heterocycles. The molecule has 0 unspecified atom stereocenters. The maximum absolute atomic E-state index is 11.9. The van der Waals surface area contributed by atoms with Gasteiger partial charge in [0.05, 0.1) is 18.2 Å². The number of methoxy groups -OCH3 is 1. The lowest BCUT2D eigenvalue weighted by molar-refractivity contribution is -0.119. The van der Waals surface area contributed by atoms with E-state index in [1.165, 1.54) is 31.4 Å². The summed E-state index contributed by atoms with van der Waals surface area (Å²) in [7, 11) is 1.27. The molecule has 2 rings (SSSR count). The Morgan fingerprint density at radius 3 is 2.21 bits per heavy atom. The lowest BCUT2D eigenvalue weighted by atomic mass is 10.1. The third kappa shape index (κ3) is 4.92. The summed E-state index contributed by atoms with van der Waals surface area (Å²) < 4.78 is 10.3. The molecule has 0 aliphatic carbocycles. The lowest BCUT2D eigenvalue weighted by Gasteiger charge is -2.07. The summed E-state index contributed by atoms with van der Waals surface area (Å²) >= 11 is 3.30. The molecular formula is C17H14BrNO5. The van der Waals surface area contributed by atoms with Crippen LogP contribution in [0.4, 0.5) is 5.69 Å². The summed E-state index contributed by atoms with van der Waals surface area (Å²) in [6.45, 7) is -0.413. The Hall–Kier alpha value is -2.67. The predicted octanol–water partition coefficient (Wildman–Crippen LogP) is 3.03. The molecular weight excluding hydrogens is 378 g/mol. The zero-order chi connectivity index (χ0) is 17.5. The Labute approximate surface area is 146 Å². The van der Waals surface area contributed by atoms with Gasteiger partial charge in [-0.25, -0.2) is 9.59 Å². The van der Waals surface area contributed by atoms with Gasteiger partial charge in [-0.05, 0) is 42.5 Å². The number of anilines is 1. The molecule has 24 heavy (non-hydrogen) atoms. The summed E-state index contributed by atoms with van der Waals surface area (Å²) in [6.07, 6.45) is 0. The van der Waals surface area contributed by atoms with E-state index in [1.54, 1.807) is 18.2 Å². The highest BCUT2D eigenvalue weighted by atomic mass is 79.9. The van der Waals surface area contributed by atoms with Crippen LogP contribution >= 0.6 is 15.9 Å². The molecule has 2 aromatic rings. The minimum Gasteiger partial charge on any atom is -0.465 e. The van der Waals surface area contributed by atoms with Crippen LogP contribution in [0.25, 0.3) is 0 Å². The summed E-state index contributed by atoms with van der Waals surface area (Å²) in [6, 6.07) is 12.8. The summed E-state index contributed by atoms with van der Waals surface area (Å²) in [5, 5.41) is 2.61. The number of rotatable bonds is 5. The van der Waals surface area contributed by atoms with E-state index in [9.17, 15) is 14.4 Å². The summed E-state index contributed by atoms with van der Waals surface area (Å²) in [5.74, 6) is -1.60. The first kappa shape index (κ1) is 17.7. The maximum atomic E-state index is 11.9. The van der Waals surface area contributed by atoms with E-state index in [-0.39, 0.29) is 5.56 Å². The van der Waals surface area contributed by atoms with Crippen LogP contribution in [-0.4, -0.2) is 31.6 Å². The zero-order valence-corrected chi connectivity index (χ0v) is 14.3. The van der Waals surface area contributed by atoms with E-state index in [1.807, 2.05) is 6.07 Å². The van der Waals surface area contributed by atoms with E-state index in [2.05, 4.69) is 26.0 Å². The van der Waals surface area contributed by atoms with Gasteiger partial charge in [-0.2, -0.15) is 0 Å². The topological polar surface area (TPSA) is 81.7 Å². The minimum absolute atomic E-state index is 0.234. The highest BCUT2D eigenvalue weighted by Crippen LogP contribution is 2.15. The van der Waals surface area contributed by atoms with Gasteiger partial charge in [0, 0.05) is 10.2 Å². The zero-order valence-electron chi connectivity index (χ0n) is 12.7. The van der Waals surface area contributed by atoms with Crippen molar-refractivity contribution in [2.75, 3.05) is 19.0 Å². The molecule has 0 atom stereocenters. The van der Waals surface area contributed by atoms with Crippen LogP contribution < -0.4 is 5.32 Å². The number of amides is 1. The van der Waals surface area contributed by atoms with Gasteiger partial charge in [0.15, 0.2) is 6.61 Å². The van der Waals surface area contributed by atoms with Crippen molar-refractivity contribution in [2.45, 2.75) is 0 Å². The van der Waals surface area contributed by atoms with Crippen molar-refractivity contribution in [1.82, 2.24) is 0 Å². The molecule has 0 spiro atoms. The second kappa shape index (κ2) is 8.26. The van der Waals surface area contributed by atoms with Gasteiger partial charge in [0.25, 0.3) is 5.91 Å². The highest BCUT2D eigenvalue weighted by molar-refractivity contribution is 9.10. The Kier molecular flexibility index (Phi) is 6.08. The molecule has 0 aliphatic heterocycles. The molecule has 0 aliphatic rings. The number of halogens is 1. The van der Waals surface area contributed by atoms with Crippen LogP contribution in [0.15, 0.2) is 53.0 Å². The standard InChI is InChI=1S/C17H14BrNO5/c1-23-16(21)11-5-7-12(8-6-11)17(22)24-10-15(20)19-14-4-2-3-13(18)9-14/h2-9H,10H2,1H3,(H,19,20). The smallest absolute Gasteiger partial charge is 0.338 e.